The van der Waals surface area contributed by atoms with Crippen LogP contribution in [0.4, 0.5) is 0 Å². The Morgan fingerprint density at radius 3 is 1.82 bits per heavy atom. The molecular weight excluding hydrogens is 488 g/mol. The van der Waals surface area contributed by atoms with E-state index in [-0.39, 0.29) is 6.04 Å². The van der Waals surface area contributed by atoms with E-state index in [9.17, 15) is 14.7 Å². The minimum Gasteiger partial charge on any atom is -0.468 e. The summed E-state index contributed by atoms with van der Waals surface area (Å²) in [6.07, 6.45) is 0. The van der Waals surface area contributed by atoms with E-state index in [2.05, 4.69) is 10.6 Å². The molecule has 0 spiro atoms. The quantitative estimate of drug-likeness (QED) is 0.293. The molecule has 0 aliphatic heterocycles. The molecule has 198 valence electrons. The fourth-order valence-corrected chi connectivity index (χ4v) is 5.54. The molecule has 0 heterocycles. The molecule has 1 aliphatic rings. The average Bonchev–Trinajstić information content (AvgIpc) is 3.27. The zero-order valence-electron chi connectivity index (χ0n) is 22.2. The van der Waals surface area contributed by atoms with Crippen LogP contribution in [0.5, 0.6) is 0 Å². The van der Waals surface area contributed by atoms with Crippen LogP contribution in [0.2, 0.25) is 0 Å². The lowest BCUT2D eigenvalue weighted by Crippen LogP contribution is -2.65. The summed E-state index contributed by atoms with van der Waals surface area (Å²) >= 11 is 0. The molecule has 0 unspecified atom stereocenters. The lowest BCUT2D eigenvalue weighted by Gasteiger charge is -2.41. The van der Waals surface area contributed by atoms with Crippen LogP contribution in [0, 0.1) is 0 Å². The van der Waals surface area contributed by atoms with Crippen molar-refractivity contribution in [2.24, 2.45) is 0 Å². The van der Waals surface area contributed by atoms with E-state index >= 15 is 0 Å². The van der Waals surface area contributed by atoms with Gasteiger partial charge in [-0.15, -0.1) is 0 Å². The normalized spacial score (nSPS) is 16.2. The number of methoxy groups -OCH3 is 1. The molecule has 5 rings (SSSR count). The third-order valence-corrected chi connectivity index (χ3v) is 7.63. The molecule has 0 radical (unpaired) electrons. The first-order valence-corrected chi connectivity index (χ1v) is 13.0. The van der Waals surface area contributed by atoms with Gasteiger partial charge in [-0.2, -0.15) is 0 Å². The van der Waals surface area contributed by atoms with Crippen molar-refractivity contribution in [2.45, 2.75) is 37.1 Å². The van der Waals surface area contributed by atoms with Crippen LogP contribution >= 0.6 is 0 Å². The van der Waals surface area contributed by atoms with E-state index in [1.54, 1.807) is 0 Å². The average molecular weight is 521 g/mol. The van der Waals surface area contributed by atoms with Gasteiger partial charge in [0.05, 0.1) is 18.7 Å². The number of ether oxygens (including phenoxy) is 1. The second-order valence-corrected chi connectivity index (χ2v) is 10.1. The third-order valence-electron chi connectivity index (χ3n) is 7.63. The molecule has 1 aliphatic carbocycles. The summed E-state index contributed by atoms with van der Waals surface area (Å²) in [5, 5.41) is 18.1. The third kappa shape index (κ3) is 4.52. The van der Waals surface area contributed by atoms with Gasteiger partial charge in [0.1, 0.15) is 6.04 Å². The Labute approximate surface area is 228 Å². The Morgan fingerprint density at radius 2 is 1.28 bits per heavy atom. The molecule has 3 atom stereocenters. The highest BCUT2D eigenvalue weighted by Gasteiger charge is 2.53. The first-order chi connectivity index (χ1) is 18.8. The Bertz CT molecular complexity index is 1440. The number of amides is 1. The molecule has 1 amide bonds. The number of rotatable bonds is 8. The zero-order valence-corrected chi connectivity index (χ0v) is 22.2. The summed E-state index contributed by atoms with van der Waals surface area (Å²) in [5.74, 6) is -1.44. The Morgan fingerprint density at radius 1 is 0.795 bits per heavy atom. The number of fused-ring (bicyclic) bond motifs is 3. The minimum absolute atomic E-state index is 0.389. The monoisotopic (exact) mass is 520 g/mol. The highest BCUT2D eigenvalue weighted by atomic mass is 16.5. The van der Waals surface area contributed by atoms with Gasteiger partial charge in [0.15, 0.2) is 5.60 Å². The molecule has 0 bridgehead atoms. The van der Waals surface area contributed by atoms with Crippen molar-refractivity contribution >= 4 is 11.9 Å². The van der Waals surface area contributed by atoms with Gasteiger partial charge in [0, 0.05) is 0 Å². The van der Waals surface area contributed by atoms with Crippen LogP contribution in [0.25, 0.3) is 11.1 Å². The van der Waals surface area contributed by atoms with E-state index in [1.807, 2.05) is 116 Å². The second-order valence-electron chi connectivity index (χ2n) is 10.1. The molecule has 0 saturated carbocycles. The van der Waals surface area contributed by atoms with E-state index in [0.29, 0.717) is 0 Å². The fourth-order valence-electron chi connectivity index (χ4n) is 5.54. The smallest absolute Gasteiger partial charge is 0.326 e. The SMILES string of the molecule is COC(=O)[C@@H](NC1(c2ccccc2)c2ccccc2-c2ccccc21)[C@@](C)(O)C(=O)N[C@@H](C)c1ccccc1. The number of hydrogen-bond donors (Lipinski definition) is 3. The van der Waals surface area contributed by atoms with Gasteiger partial charge < -0.3 is 15.2 Å². The van der Waals surface area contributed by atoms with Gasteiger partial charge in [-0.25, -0.2) is 0 Å². The minimum atomic E-state index is -2.16. The Hall–Kier alpha value is -4.26. The summed E-state index contributed by atoms with van der Waals surface area (Å²) in [6.45, 7) is 3.18. The number of carbonyl (C=O) groups excluding carboxylic acids is 2. The van der Waals surface area contributed by atoms with Gasteiger partial charge >= 0.3 is 5.97 Å². The molecule has 0 fully saturated rings. The maximum absolute atomic E-state index is 13.6. The van der Waals surface area contributed by atoms with Crippen LogP contribution in [0.15, 0.2) is 109 Å². The number of esters is 1. The largest absolute Gasteiger partial charge is 0.468 e. The first-order valence-electron chi connectivity index (χ1n) is 13.0. The molecule has 6 heteroatoms. The van der Waals surface area contributed by atoms with Gasteiger partial charge in [0.25, 0.3) is 5.91 Å². The van der Waals surface area contributed by atoms with Gasteiger partial charge in [0.2, 0.25) is 0 Å². The number of carbonyl (C=O) groups is 2. The van der Waals surface area contributed by atoms with Crippen molar-refractivity contribution in [3.05, 3.63) is 131 Å². The van der Waals surface area contributed by atoms with Crippen LogP contribution in [-0.4, -0.2) is 35.7 Å². The van der Waals surface area contributed by atoms with Gasteiger partial charge in [-0.3, -0.25) is 14.9 Å². The summed E-state index contributed by atoms with van der Waals surface area (Å²) in [7, 11) is 1.25. The van der Waals surface area contributed by atoms with Crippen LogP contribution in [0.3, 0.4) is 0 Å². The predicted octanol–water partition coefficient (Wildman–Crippen LogP) is 4.72. The van der Waals surface area contributed by atoms with Gasteiger partial charge in [-0.05, 0) is 47.2 Å². The highest BCUT2D eigenvalue weighted by Crippen LogP contribution is 2.51. The van der Waals surface area contributed by atoms with E-state index < -0.39 is 29.1 Å². The molecule has 0 saturated heterocycles. The zero-order chi connectivity index (χ0) is 27.6. The summed E-state index contributed by atoms with van der Waals surface area (Å²) in [5.41, 5.74) is 2.39. The highest BCUT2D eigenvalue weighted by molar-refractivity contribution is 5.93. The number of benzene rings is 4. The van der Waals surface area contributed by atoms with Crippen molar-refractivity contribution in [3.8, 4) is 11.1 Å². The number of nitrogens with one attached hydrogen (secondary N) is 2. The standard InChI is InChI=1S/C33H32N2O4/c1-22(23-14-6-4-7-15-23)34-31(37)32(2,38)29(30(36)39-3)35-33(24-16-8-5-9-17-24)27-20-12-10-18-25(27)26-19-11-13-21-28(26)33/h4-22,29,35,38H,1-3H3,(H,34,37)/t22-,29+,32+/m0/s1. The van der Waals surface area contributed by atoms with Crippen molar-refractivity contribution < 1.29 is 19.4 Å². The molecule has 6 nitrogen and oxygen atoms in total. The van der Waals surface area contributed by atoms with E-state index in [4.69, 9.17) is 4.74 Å². The lowest BCUT2D eigenvalue weighted by atomic mass is 9.78. The molecule has 4 aromatic rings. The van der Waals surface area contributed by atoms with Crippen LogP contribution in [-0.2, 0) is 19.9 Å². The van der Waals surface area contributed by atoms with Crippen LogP contribution < -0.4 is 10.6 Å². The second kappa shape index (κ2) is 10.5. The lowest BCUT2D eigenvalue weighted by molar-refractivity contribution is -0.159. The summed E-state index contributed by atoms with van der Waals surface area (Å²) < 4.78 is 5.16. The molecular formula is C33H32N2O4. The maximum Gasteiger partial charge on any atom is 0.326 e. The van der Waals surface area contributed by atoms with Crippen molar-refractivity contribution in [2.75, 3.05) is 7.11 Å². The summed E-state index contributed by atoms with van der Waals surface area (Å²) in [4.78, 5) is 27.0. The Kier molecular flexibility index (Phi) is 7.08. The molecule has 3 N–H and O–H groups in total. The van der Waals surface area contributed by atoms with Gasteiger partial charge in [-0.1, -0.05) is 109 Å². The molecule has 4 aromatic carbocycles. The van der Waals surface area contributed by atoms with E-state index in [0.717, 1.165) is 33.4 Å². The predicted molar refractivity (Wildman–Crippen MR) is 151 cm³/mol. The van der Waals surface area contributed by atoms with Crippen LogP contribution in [0.1, 0.15) is 42.1 Å². The number of hydrogen-bond acceptors (Lipinski definition) is 5. The fraction of sp³-hybridized carbons (Fsp3) is 0.212. The summed E-state index contributed by atoms with van der Waals surface area (Å²) in [6, 6.07) is 33.3. The molecule has 39 heavy (non-hydrogen) atoms. The van der Waals surface area contributed by atoms with Crippen molar-refractivity contribution in [1.82, 2.24) is 10.6 Å². The van der Waals surface area contributed by atoms with Crippen molar-refractivity contribution in [3.63, 3.8) is 0 Å². The molecule has 0 aromatic heterocycles. The maximum atomic E-state index is 13.6. The van der Waals surface area contributed by atoms with Crippen molar-refractivity contribution in [1.29, 1.82) is 0 Å². The Balaban J connectivity index is 1.62. The topological polar surface area (TPSA) is 87.7 Å². The number of aliphatic hydroxyl groups is 1. The first kappa shape index (κ1) is 26.4. The van der Waals surface area contributed by atoms with E-state index in [1.165, 1.54) is 14.0 Å².